The predicted molar refractivity (Wildman–Crippen MR) is 379 cm³/mol. The molecule has 0 fully saturated rings. The van der Waals surface area contributed by atoms with Gasteiger partial charge in [0.05, 0.1) is 11.1 Å². The number of fused-ring (bicyclic) bond motifs is 7. The van der Waals surface area contributed by atoms with Crippen LogP contribution in [0.15, 0.2) is 273 Å². The quantitative estimate of drug-likeness (QED) is 0.0815. The number of para-hydroxylation sites is 1. The summed E-state index contributed by atoms with van der Waals surface area (Å²) in [4.78, 5) is 5.17. The minimum atomic E-state index is -0.636. The number of unbranched alkanes of at least 4 members (excludes halogenated alkanes) is 3. The lowest BCUT2D eigenvalue weighted by molar-refractivity contribution is 0.331. The molecule has 1 radical (unpaired) electrons. The minimum absolute atomic E-state index is 0.0288. The molecule has 0 aromatic heterocycles. The molecule has 1 aliphatic carbocycles. The molecule has 12 aromatic carbocycles. The maximum atomic E-state index is 4.04. The van der Waals surface area contributed by atoms with Gasteiger partial charge in [-0.2, -0.15) is 0 Å². The van der Waals surface area contributed by atoms with Crippen LogP contribution in [0.25, 0.3) is 44.2 Å². The van der Waals surface area contributed by atoms with Gasteiger partial charge in [-0.05, 0) is 181 Å². The normalized spacial score (nSPS) is 14.6. The Bertz CT molecular complexity index is 4510. The smallest absolute Gasteiger partial charge is 0.197 e. The summed E-state index contributed by atoms with van der Waals surface area (Å²) in [5, 5.41) is 6.45. The Kier molecular flexibility index (Phi) is 14.3. The monoisotopic (exact) mass is 1150 g/mol. The van der Waals surface area contributed by atoms with Crippen LogP contribution in [0.5, 0.6) is 0 Å². The number of aryl methyl sites for hydroxylation is 1. The average Bonchev–Trinajstić information content (AvgIpc) is 0.686. The van der Waals surface area contributed by atoms with Crippen LogP contribution in [0.2, 0.25) is 0 Å². The third kappa shape index (κ3) is 9.85. The number of rotatable bonds is 15. The van der Waals surface area contributed by atoms with Gasteiger partial charge in [0, 0.05) is 50.8 Å². The molecule has 3 nitrogen and oxygen atoms in total. The van der Waals surface area contributed by atoms with Crippen LogP contribution in [0.3, 0.4) is 0 Å². The lowest BCUT2D eigenvalue weighted by atomic mass is 9.53. The highest BCUT2D eigenvalue weighted by atomic mass is 15.2. The van der Waals surface area contributed by atoms with E-state index >= 15 is 0 Å². The third-order valence-corrected chi connectivity index (χ3v) is 19.9. The average molecular weight is 1150 g/mol. The zero-order chi connectivity index (χ0) is 60.3. The van der Waals surface area contributed by atoms with E-state index in [1.165, 1.54) is 126 Å². The van der Waals surface area contributed by atoms with E-state index in [1.807, 2.05) is 0 Å². The first-order valence-electron chi connectivity index (χ1n) is 32.3. The molecular formula is C85H75BN3. The topological polar surface area (TPSA) is 18.5 Å². The zero-order valence-electron chi connectivity index (χ0n) is 51.9. The van der Waals surface area contributed by atoms with Crippen molar-refractivity contribution in [3.63, 3.8) is 0 Å². The molecule has 2 aliphatic heterocycles. The fraction of sp³-hybridized carbons (Fsp3) is 0.176. The van der Waals surface area contributed by atoms with Gasteiger partial charge >= 0.3 is 0 Å². The van der Waals surface area contributed by atoms with Gasteiger partial charge < -0.3 is 15.1 Å². The van der Waals surface area contributed by atoms with Gasteiger partial charge in [0.1, 0.15) is 0 Å². The number of nitrogens with one attached hydrogen (secondary N) is 1. The number of nitrogens with zero attached hydrogens (tertiary/aromatic N) is 2. The number of hydrogen-bond donors (Lipinski definition) is 1. The Morgan fingerprint density at radius 2 is 0.989 bits per heavy atom. The van der Waals surface area contributed by atoms with E-state index in [0.717, 1.165) is 58.8 Å². The van der Waals surface area contributed by atoms with Crippen molar-refractivity contribution < 1.29 is 0 Å². The van der Waals surface area contributed by atoms with Crippen molar-refractivity contribution in [3.8, 4) is 33.4 Å². The van der Waals surface area contributed by atoms with Crippen LogP contribution in [-0.2, 0) is 22.7 Å². The molecule has 1 N–H and O–H groups in total. The summed E-state index contributed by atoms with van der Waals surface area (Å²) in [5.74, 6) is 0. The van der Waals surface area contributed by atoms with E-state index in [2.05, 4.69) is 330 Å². The Hall–Kier alpha value is -9.64. The first kappa shape index (κ1) is 55.9. The van der Waals surface area contributed by atoms with Gasteiger partial charge in [0.2, 0.25) is 0 Å². The molecule has 0 atom stereocenters. The summed E-state index contributed by atoms with van der Waals surface area (Å²) in [7, 11) is 2.52. The summed E-state index contributed by atoms with van der Waals surface area (Å²) in [6.07, 6.45) is 8.28. The molecule has 89 heavy (non-hydrogen) atoms. The third-order valence-electron chi connectivity index (χ3n) is 19.9. The van der Waals surface area contributed by atoms with Crippen LogP contribution in [0.1, 0.15) is 112 Å². The molecule has 0 bridgehead atoms. The molecule has 0 saturated heterocycles. The Balaban J connectivity index is 0.983. The number of hydrogen-bond acceptors (Lipinski definition) is 3. The molecule has 0 unspecified atom stereocenters. The van der Waals surface area contributed by atoms with Gasteiger partial charge in [-0.25, -0.2) is 0 Å². The molecule has 433 valence electrons. The molecule has 12 aromatic rings. The standard InChI is InChI=1S/C85H75BN3/c1-6-7-8-13-25-58-38-46-67(47-39-58)88(68-48-42-62(43-49-68)60-28-16-10-17-29-60)69-50-51-78(87-66-44-40-61(41-45-66)59-26-14-9-15-27-59)71(55-69)72-54-63-30-22-23-35-70(63)81-80(72)86-77-37-24-36-73-82(77)89(81)79-57-75-74(83(2,3)52-53-84(75,4)5)56-76(79)85(73,64-31-18-11-19-32-64)65-33-20-12-21-34-65/h9-12,14-24,26-51,54-57,87H,6-8,13,25,52-53H2,1-5H3. The van der Waals surface area contributed by atoms with Gasteiger partial charge in [-0.3, -0.25) is 0 Å². The predicted octanol–water partition coefficient (Wildman–Crippen LogP) is 21.7. The first-order valence-corrected chi connectivity index (χ1v) is 32.3. The summed E-state index contributed by atoms with van der Waals surface area (Å²) in [6.45, 7) is 12.2. The van der Waals surface area contributed by atoms with Crippen LogP contribution < -0.4 is 26.0 Å². The van der Waals surface area contributed by atoms with E-state index in [0.29, 0.717) is 0 Å². The van der Waals surface area contributed by atoms with Crippen LogP contribution in [0, 0.1) is 0 Å². The van der Waals surface area contributed by atoms with E-state index in [4.69, 9.17) is 0 Å². The Morgan fingerprint density at radius 3 is 1.62 bits per heavy atom. The number of anilines is 8. The molecule has 15 rings (SSSR count). The fourth-order valence-corrected chi connectivity index (χ4v) is 15.1. The maximum absolute atomic E-state index is 4.04. The second-order valence-electron chi connectivity index (χ2n) is 26.3. The molecule has 0 saturated carbocycles. The Labute approximate surface area is 527 Å². The lowest BCUT2D eigenvalue weighted by Crippen LogP contribution is -2.48. The van der Waals surface area contributed by atoms with Crippen molar-refractivity contribution in [3.05, 3.63) is 312 Å². The van der Waals surface area contributed by atoms with E-state index in [-0.39, 0.29) is 10.8 Å². The van der Waals surface area contributed by atoms with Gasteiger partial charge in [-0.1, -0.05) is 266 Å². The van der Waals surface area contributed by atoms with Crippen molar-refractivity contribution in [2.24, 2.45) is 0 Å². The van der Waals surface area contributed by atoms with Crippen molar-refractivity contribution in [1.29, 1.82) is 0 Å². The highest BCUT2D eigenvalue weighted by molar-refractivity contribution is 6.74. The van der Waals surface area contributed by atoms with Crippen molar-refractivity contribution >= 4 is 74.5 Å². The van der Waals surface area contributed by atoms with Gasteiger partial charge in [0.15, 0.2) is 7.28 Å². The lowest BCUT2D eigenvalue weighted by Gasteiger charge is -2.51. The zero-order valence-corrected chi connectivity index (χ0v) is 51.9. The first-order chi connectivity index (χ1) is 43.6. The van der Waals surface area contributed by atoms with E-state index in [9.17, 15) is 0 Å². The second kappa shape index (κ2) is 22.8. The summed E-state index contributed by atoms with van der Waals surface area (Å²) < 4.78 is 0. The summed E-state index contributed by atoms with van der Waals surface area (Å²) >= 11 is 0. The summed E-state index contributed by atoms with van der Waals surface area (Å²) in [5.41, 5.74) is 27.1. The molecule has 4 heteroatoms. The second-order valence-corrected chi connectivity index (χ2v) is 26.3. The number of benzene rings is 12. The molecule has 3 aliphatic rings. The molecule has 0 amide bonds. The van der Waals surface area contributed by atoms with Gasteiger partial charge in [0.25, 0.3) is 0 Å². The highest BCUT2D eigenvalue weighted by Crippen LogP contribution is 2.61. The van der Waals surface area contributed by atoms with Crippen LogP contribution >= 0.6 is 0 Å². The van der Waals surface area contributed by atoms with Crippen molar-refractivity contribution in [2.45, 2.75) is 95.8 Å². The largest absolute Gasteiger partial charge is 0.355 e. The minimum Gasteiger partial charge on any atom is -0.355 e. The molecule has 0 spiro atoms. The summed E-state index contributed by atoms with van der Waals surface area (Å²) in [6, 6.07) is 103. The highest BCUT2D eigenvalue weighted by Gasteiger charge is 2.51. The molecular weight excluding hydrogens is 1070 g/mol. The Morgan fingerprint density at radius 1 is 0.438 bits per heavy atom. The molecule has 2 heterocycles. The fourth-order valence-electron chi connectivity index (χ4n) is 15.1. The van der Waals surface area contributed by atoms with Crippen molar-refractivity contribution in [1.82, 2.24) is 0 Å². The maximum Gasteiger partial charge on any atom is 0.197 e. The van der Waals surface area contributed by atoms with Crippen LogP contribution in [-0.4, -0.2) is 7.28 Å². The SMILES string of the molecule is CCCCCCc1ccc(N(c2ccc(-c3ccccc3)cc2)c2ccc(Nc3ccc(-c4ccccc4)cc3)c(-c3cc4ccccc4c4c3[B]c3cccc5c3N4c3cc4c(cc3C5(c3ccccc3)c3ccccc3)C(C)(C)CCC4(C)C)c2)cc1. The van der Waals surface area contributed by atoms with E-state index in [1.54, 1.807) is 0 Å². The van der Waals surface area contributed by atoms with Crippen LogP contribution in [0.4, 0.5) is 45.5 Å². The van der Waals surface area contributed by atoms with Crippen molar-refractivity contribution in [2.75, 3.05) is 15.1 Å². The van der Waals surface area contributed by atoms with E-state index < -0.39 is 5.41 Å². The van der Waals surface area contributed by atoms with Gasteiger partial charge in [-0.15, -0.1) is 0 Å².